The minimum absolute atomic E-state index is 0.208. The van der Waals surface area contributed by atoms with E-state index >= 15 is 0 Å². The molecule has 0 bridgehead atoms. The van der Waals surface area contributed by atoms with Crippen LogP contribution in [0.25, 0.3) is 5.69 Å². The van der Waals surface area contributed by atoms with E-state index in [0.29, 0.717) is 12.1 Å². The van der Waals surface area contributed by atoms with Crippen molar-refractivity contribution in [1.29, 1.82) is 0 Å². The van der Waals surface area contributed by atoms with Crippen LogP contribution in [0.3, 0.4) is 0 Å². The molecule has 0 saturated carbocycles. The second kappa shape index (κ2) is 6.64. The largest absolute Gasteiger partial charge is 0.326 e. The summed E-state index contributed by atoms with van der Waals surface area (Å²) in [7, 11) is 0. The third kappa shape index (κ3) is 3.18. The zero-order valence-electron chi connectivity index (χ0n) is 13.7. The van der Waals surface area contributed by atoms with Crippen LogP contribution in [-0.4, -0.2) is 20.4 Å². The molecule has 0 radical (unpaired) electrons. The average Bonchev–Trinajstić information content (AvgIpc) is 2.95. The van der Waals surface area contributed by atoms with E-state index in [0.717, 1.165) is 28.3 Å². The van der Waals surface area contributed by atoms with Gasteiger partial charge in [-0.2, -0.15) is 0 Å². The lowest BCUT2D eigenvalue weighted by atomic mass is 10.2. The Morgan fingerprint density at radius 3 is 2.58 bits per heavy atom. The molecule has 122 valence electrons. The molecule has 0 atom stereocenters. The molecule has 0 fully saturated rings. The van der Waals surface area contributed by atoms with Crippen LogP contribution < -0.4 is 11.1 Å². The van der Waals surface area contributed by atoms with Crippen molar-refractivity contribution in [2.75, 3.05) is 5.32 Å². The van der Waals surface area contributed by atoms with Gasteiger partial charge in [0.15, 0.2) is 0 Å². The number of hydrogen-bond acceptors (Lipinski definition) is 4. The molecule has 3 N–H and O–H groups in total. The summed E-state index contributed by atoms with van der Waals surface area (Å²) < 4.78 is 2.01. The van der Waals surface area contributed by atoms with E-state index in [1.165, 1.54) is 6.20 Å². The van der Waals surface area contributed by atoms with Crippen LogP contribution in [0.1, 0.15) is 27.3 Å². The SMILES string of the molecule is Cc1ncn(-c2ccc(NC(=O)c3cncc(CN)c3)cc2)c1C. The molecule has 0 spiro atoms. The minimum Gasteiger partial charge on any atom is -0.326 e. The summed E-state index contributed by atoms with van der Waals surface area (Å²) in [5.41, 5.74) is 10.7. The number of carbonyl (C=O) groups excluding carboxylic acids is 1. The van der Waals surface area contributed by atoms with Gasteiger partial charge in [-0.3, -0.25) is 9.78 Å². The number of rotatable bonds is 4. The molecule has 0 aliphatic rings. The van der Waals surface area contributed by atoms with Crippen LogP contribution in [0.4, 0.5) is 5.69 Å². The molecule has 6 heteroatoms. The highest BCUT2D eigenvalue weighted by Gasteiger charge is 2.08. The fourth-order valence-corrected chi connectivity index (χ4v) is 2.39. The molecular formula is C18H19N5O. The number of aromatic nitrogens is 3. The summed E-state index contributed by atoms with van der Waals surface area (Å²) in [6, 6.07) is 9.36. The highest BCUT2D eigenvalue weighted by Crippen LogP contribution is 2.17. The monoisotopic (exact) mass is 321 g/mol. The van der Waals surface area contributed by atoms with Crippen LogP contribution in [0.15, 0.2) is 49.1 Å². The van der Waals surface area contributed by atoms with Gasteiger partial charge in [0, 0.05) is 36.0 Å². The maximum Gasteiger partial charge on any atom is 0.257 e. The van der Waals surface area contributed by atoms with E-state index < -0.39 is 0 Å². The summed E-state index contributed by atoms with van der Waals surface area (Å²) in [6.45, 7) is 4.35. The van der Waals surface area contributed by atoms with Gasteiger partial charge in [-0.15, -0.1) is 0 Å². The summed E-state index contributed by atoms with van der Waals surface area (Å²) in [4.78, 5) is 20.6. The molecule has 2 heterocycles. The van der Waals surface area contributed by atoms with Gasteiger partial charge in [0.05, 0.1) is 17.6 Å². The normalized spacial score (nSPS) is 10.6. The van der Waals surface area contributed by atoms with Gasteiger partial charge in [-0.1, -0.05) is 0 Å². The average molecular weight is 321 g/mol. The number of nitrogens with two attached hydrogens (primary N) is 1. The van der Waals surface area contributed by atoms with Gasteiger partial charge in [-0.05, 0) is 49.7 Å². The maximum atomic E-state index is 12.3. The van der Waals surface area contributed by atoms with Gasteiger partial charge >= 0.3 is 0 Å². The first-order valence-corrected chi connectivity index (χ1v) is 7.65. The lowest BCUT2D eigenvalue weighted by Crippen LogP contribution is -2.13. The molecule has 2 aromatic heterocycles. The van der Waals surface area contributed by atoms with Crippen LogP contribution in [-0.2, 0) is 6.54 Å². The highest BCUT2D eigenvalue weighted by molar-refractivity contribution is 6.04. The van der Waals surface area contributed by atoms with Gasteiger partial charge < -0.3 is 15.6 Å². The van der Waals surface area contributed by atoms with E-state index in [-0.39, 0.29) is 5.91 Å². The maximum absolute atomic E-state index is 12.3. The van der Waals surface area contributed by atoms with Crippen LogP contribution in [0.5, 0.6) is 0 Å². The third-order valence-corrected chi connectivity index (χ3v) is 3.95. The molecule has 24 heavy (non-hydrogen) atoms. The van der Waals surface area contributed by atoms with Crippen molar-refractivity contribution < 1.29 is 4.79 Å². The standard InChI is InChI=1S/C18H19N5O/c1-12-13(2)23(11-21-12)17-5-3-16(4-6-17)22-18(24)15-7-14(8-19)9-20-10-15/h3-7,9-11H,8,19H2,1-2H3,(H,22,24). The molecule has 0 aliphatic carbocycles. The number of nitrogens with zero attached hydrogens (tertiary/aromatic N) is 3. The van der Waals surface area contributed by atoms with Crippen molar-refractivity contribution in [3.8, 4) is 5.69 Å². The van der Waals surface area contributed by atoms with Crippen molar-refractivity contribution in [2.24, 2.45) is 5.73 Å². The number of nitrogens with one attached hydrogen (secondary N) is 1. The number of hydrogen-bond donors (Lipinski definition) is 2. The Morgan fingerprint density at radius 1 is 1.21 bits per heavy atom. The van der Waals surface area contributed by atoms with Gasteiger partial charge in [0.25, 0.3) is 5.91 Å². The Labute approximate surface area is 140 Å². The van der Waals surface area contributed by atoms with E-state index in [2.05, 4.69) is 15.3 Å². The Balaban J connectivity index is 1.76. The van der Waals surface area contributed by atoms with Gasteiger partial charge in [-0.25, -0.2) is 4.98 Å². The first-order chi connectivity index (χ1) is 11.6. The number of amides is 1. The first kappa shape index (κ1) is 15.9. The van der Waals surface area contributed by atoms with Crippen molar-refractivity contribution in [3.05, 3.63) is 71.6 Å². The van der Waals surface area contributed by atoms with E-state index in [4.69, 9.17) is 5.73 Å². The Hall–Kier alpha value is -2.99. The minimum atomic E-state index is -0.208. The second-order valence-electron chi connectivity index (χ2n) is 5.57. The van der Waals surface area contributed by atoms with Crippen molar-refractivity contribution in [3.63, 3.8) is 0 Å². The summed E-state index contributed by atoms with van der Waals surface area (Å²) in [5, 5.41) is 2.86. The molecule has 3 rings (SSSR count). The second-order valence-corrected chi connectivity index (χ2v) is 5.57. The summed E-state index contributed by atoms with van der Waals surface area (Å²) in [5.74, 6) is -0.208. The molecule has 6 nitrogen and oxygen atoms in total. The lowest BCUT2D eigenvalue weighted by Gasteiger charge is -2.09. The molecule has 3 aromatic rings. The number of anilines is 1. The number of imidazole rings is 1. The topological polar surface area (TPSA) is 85.8 Å². The zero-order valence-corrected chi connectivity index (χ0v) is 13.7. The van der Waals surface area contributed by atoms with Crippen LogP contribution >= 0.6 is 0 Å². The Morgan fingerprint density at radius 2 is 1.96 bits per heavy atom. The first-order valence-electron chi connectivity index (χ1n) is 7.65. The number of benzene rings is 1. The van der Waals surface area contributed by atoms with E-state index in [1.807, 2.05) is 42.7 Å². The van der Waals surface area contributed by atoms with Gasteiger partial charge in [0.2, 0.25) is 0 Å². The predicted octanol–water partition coefficient (Wildman–Crippen LogP) is 2.60. The van der Waals surface area contributed by atoms with Gasteiger partial charge in [0.1, 0.15) is 0 Å². The van der Waals surface area contributed by atoms with Crippen molar-refractivity contribution >= 4 is 11.6 Å². The van der Waals surface area contributed by atoms with Crippen LogP contribution in [0, 0.1) is 13.8 Å². The molecule has 1 amide bonds. The molecule has 0 unspecified atom stereocenters. The smallest absolute Gasteiger partial charge is 0.257 e. The molecule has 0 saturated heterocycles. The Kier molecular flexibility index (Phi) is 4.39. The molecule has 0 aliphatic heterocycles. The fraction of sp³-hybridized carbons (Fsp3) is 0.167. The van der Waals surface area contributed by atoms with E-state index in [1.54, 1.807) is 18.6 Å². The quantitative estimate of drug-likeness (QED) is 0.773. The lowest BCUT2D eigenvalue weighted by molar-refractivity contribution is 0.102. The van der Waals surface area contributed by atoms with Crippen LogP contribution in [0.2, 0.25) is 0 Å². The molecular weight excluding hydrogens is 302 g/mol. The summed E-state index contributed by atoms with van der Waals surface area (Å²) >= 11 is 0. The molecule has 1 aromatic carbocycles. The fourth-order valence-electron chi connectivity index (χ4n) is 2.39. The van der Waals surface area contributed by atoms with Crippen molar-refractivity contribution in [2.45, 2.75) is 20.4 Å². The zero-order chi connectivity index (χ0) is 17.1. The highest BCUT2D eigenvalue weighted by atomic mass is 16.1. The number of aryl methyl sites for hydroxylation is 1. The summed E-state index contributed by atoms with van der Waals surface area (Å²) in [6.07, 6.45) is 4.98. The van der Waals surface area contributed by atoms with E-state index in [9.17, 15) is 4.79 Å². The Bertz CT molecular complexity index is 867. The predicted molar refractivity (Wildman–Crippen MR) is 93.1 cm³/mol. The van der Waals surface area contributed by atoms with Crippen molar-refractivity contribution in [1.82, 2.24) is 14.5 Å². The number of pyridine rings is 1. The third-order valence-electron chi connectivity index (χ3n) is 3.95. The number of carbonyl (C=O) groups is 1.